The highest BCUT2D eigenvalue weighted by Crippen LogP contribution is 2.35. The van der Waals surface area contributed by atoms with Crippen LogP contribution in [-0.4, -0.2) is 30.0 Å². The molecule has 0 saturated carbocycles. The molecule has 0 aromatic heterocycles. The van der Waals surface area contributed by atoms with Crippen LogP contribution in [0, 0.1) is 10.1 Å². The Balaban J connectivity index is 2.26. The summed E-state index contributed by atoms with van der Waals surface area (Å²) in [6.07, 6.45) is 3.34. The maximum absolute atomic E-state index is 10.7. The lowest BCUT2D eigenvalue weighted by Gasteiger charge is -2.33. The van der Waals surface area contributed by atoms with E-state index in [0.717, 1.165) is 25.1 Å². The first-order valence-electron chi connectivity index (χ1n) is 6.54. The summed E-state index contributed by atoms with van der Waals surface area (Å²) in [5, 5.41) is 10.7. The van der Waals surface area contributed by atoms with Gasteiger partial charge in [0.05, 0.1) is 4.92 Å². The Morgan fingerprint density at radius 3 is 2.37 bits per heavy atom. The summed E-state index contributed by atoms with van der Waals surface area (Å²) in [5.41, 5.74) is 2.64. The molecule has 1 aromatic carbocycles. The van der Waals surface area contributed by atoms with Crippen molar-refractivity contribution >= 4 is 5.69 Å². The van der Waals surface area contributed by atoms with Gasteiger partial charge in [0, 0.05) is 30.6 Å². The molecule has 0 aliphatic carbocycles. The van der Waals surface area contributed by atoms with Crippen molar-refractivity contribution in [2.45, 2.75) is 25.7 Å². The van der Waals surface area contributed by atoms with Gasteiger partial charge >= 0.3 is 0 Å². The maximum Gasteiger partial charge on any atom is 0.269 e. The summed E-state index contributed by atoms with van der Waals surface area (Å²) in [7, 11) is 2.12. The third kappa shape index (κ3) is 2.84. The van der Waals surface area contributed by atoms with Gasteiger partial charge in [0.2, 0.25) is 0 Å². The third-order valence-electron chi connectivity index (χ3n) is 4.01. The Morgan fingerprint density at radius 1 is 1.26 bits per heavy atom. The largest absolute Gasteiger partial charge is 0.302 e. The molecule has 0 bridgehead atoms. The Kier molecular flexibility index (Phi) is 3.71. The van der Waals surface area contributed by atoms with Crippen molar-refractivity contribution in [1.29, 1.82) is 0 Å². The smallest absolute Gasteiger partial charge is 0.269 e. The second-order valence-electron chi connectivity index (χ2n) is 5.67. The van der Waals surface area contributed by atoms with E-state index in [1.165, 1.54) is 5.57 Å². The fourth-order valence-corrected chi connectivity index (χ4v) is 2.52. The van der Waals surface area contributed by atoms with Gasteiger partial charge in [0.25, 0.3) is 5.69 Å². The van der Waals surface area contributed by atoms with E-state index in [1.54, 1.807) is 12.1 Å². The second-order valence-corrected chi connectivity index (χ2v) is 5.67. The molecule has 0 radical (unpaired) electrons. The Hall–Kier alpha value is -1.68. The maximum atomic E-state index is 10.7. The van der Waals surface area contributed by atoms with Gasteiger partial charge < -0.3 is 4.90 Å². The lowest BCUT2D eigenvalue weighted by molar-refractivity contribution is -0.384. The van der Waals surface area contributed by atoms with Gasteiger partial charge in [-0.1, -0.05) is 37.6 Å². The van der Waals surface area contributed by atoms with Crippen molar-refractivity contribution in [3.8, 4) is 0 Å². The SMILES string of the molecule is CN1CC=C(C(C)(C)c2ccc([N+](=O)[O-])cc2)CC1. The fraction of sp³-hybridized carbons (Fsp3) is 0.467. The van der Waals surface area contributed by atoms with Gasteiger partial charge in [-0.15, -0.1) is 0 Å². The van der Waals surface area contributed by atoms with Crippen LogP contribution in [0.1, 0.15) is 25.8 Å². The molecule has 1 aliphatic heterocycles. The summed E-state index contributed by atoms with van der Waals surface area (Å²) in [5.74, 6) is 0. The summed E-state index contributed by atoms with van der Waals surface area (Å²) in [4.78, 5) is 12.6. The highest BCUT2D eigenvalue weighted by molar-refractivity contribution is 5.41. The first kappa shape index (κ1) is 13.7. The van der Waals surface area contributed by atoms with Gasteiger partial charge in [0.1, 0.15) is 0 Å². The van der Waals surface area contributed by atoms with Crippen molar-refractivity contribution in [3.05, 3.63) is 51.6 Å². The molecule has 0 unspecified atom stereocenters. The topological polar surface area (TPSA) is 46.4 Å². The van der Waals surface area contributed by atoms with Crippen LogP contribution in [-0.2, 0) is 5.41 Å². The van der Waals surface area contributed by atoms with E-state index in [0.29, 0.717) is 0 Å². The molecule has 4 heteroatoms. The van der Waals surface area contributed by atoms with E-state index in [1.807, 2.05) is 12.1 Å². The van der Waals surface area contributed by atoms with Crippen LogP contribution in [0.3, 0.4) is 0 Å². The van der Waals surface area contributed by atoms with Gasteiger partial charge in [0.15, 0.2) is 0 Å². The molecular weight excluding hydrogens is 240 g/mol. The summed E-state index contributed by atoms with van der Waals surface area (Å²) >= 11 is 0. The first-order chi connectivity index (χ1) is 8.91. The number of likely N-dealkylation sites (N-methyl/N-ethyl adjacent to an activating group) is 1. The molecule has 102 valence electrons. The van der Waals surface area contributed by atoms with E-state index in [9.17, 15) is 10.1 Å². The van der Waals surface area contributed by atoms with E-state index < -0.39 is 0 Å². The lowest BCUT2D eigenvalue weighted by Crippen LogP contribution is -2.30. The monoisotopic (exact) mass is 260 g/mol. The van der Waals surface area contributed by atoms with Crippen molar-refractivity contribution in [2.24, 2.45) is 0 Å². The summed E-state index contributed by atoms with van der Waals surface area (Å²) in [6, 6.07) is 6.92. The quantitative estimate of drug-likeness (QED) is 0.476. The molecule has 19 heavy (non-hydrogen) atoms. The van der Waals surface area contributed by atoms with Crippen LogP contribution in [0.5, 0.6) is 0 Å². The minimum atomic E-state index is -0.356. The predicted octanol–water partition coefficient (Wildman–Crippen LogP) is 3.13. The van der Waals surface area contributed by atoms with Crippen LogP contribution in [0.2, 0.25) is 0 Å². The summed E-state index contributed by atoms with van der Waals surface area (Å²) < 4.78 is 0. The summed E-state index contributed by atoms with van der Waals surface area (Å²) in [6.45, 7) is 6.42. The molecule has 4 nitrogen and oxygen atoms in total. The van der Waals surface area contributed by atoms with Gasteiger partial charge in [-0.3, -0.25) is 10.1 Å². The zero-order valence-electron chi connectivity index (χ0n) is 11.7. The number of nitro benzene ring substituents is 1. The molecule has 1 aromatic rings. The van der Waals surface area contributed by atoms with E-state index in [4.69, 9.17) is 0 Å². The van der Waals surface area contributed by atoms with Gasteiger partial charge in [-0.2, -0.15) is 0 Å². The van der Waals surface area contributed by atoms with Gasteiger partial charge in [-0.05, 0) is 19.0 Å². The zero-order chi connectivity index (χ0) is 14.0. The second kappa shape index (κ2) is 5.13. The fourth-order valence-electron chi connectivity index (χ4n) is 2.52. The van der Waals surface area contributed by atoms with Crippen LogP contribution in [0.25, 0.3) is 0 Å². The zero-order valence-corrected chi connectivity index (χ0v) is 11.7. The van der Waals surface area contributed by atoms with Crippen molar-refractivity contribution < 1.29 is 4.92 Å². The molecule has 0 atom stereocenters. The molecule has 0 spiro atoms. The Bertz CT molecular complexity index is 503. The van der Waals surface area contributed by atoms with E-state index >= 15 is 0 Å². The number of hydrogen-bond donors (Lipinski definition) is 0. The highest BCUT2D eigenvalue weighted by Gasteiger charge is 2.27. The standard InChI is InChI=1S/C15H20N2O2/c1-15(2,13-8-10-16(3)11-9-13)12-4-6-14(7-5-12)17(18)19/h4-8H,9-11H2,1-3H3. The third-order valence-corrected chi connectivity index (χ3v) is 4.01. The lowest BCUT2D eigenvalue weighted by atomic mass is 9.75. The van der Waals surface area contributed by atoms with Crippen molar-refractivity contribution in [1.82, 2.24) is 4.90 Å². The predicted molar refractivity (Wildman–Crippen MR) is 76.3 cm³/mol. The molecule has 1 aliphatic rings. The number of benzene rings is 1. The molecule has 0 saturated heterocycles. The number of rotatable bonds is 3. The number of non-ortho nitro benzene ring substituents is 1. The van der Waals surface area contributed by atoms with Crippen LogP contribution in [0.4, 0.5) is 5.69 Å². The minimum absolute atomic E-state index is 0.0591. The molecular formula is C15H20N2O2. The number of nitrogens with zero attached hydrogens (tertiary/aromatic N) is 2. The average Bonchev–Trinajstić information content (AvgIpc) is 2.39. The highest BCUT2D eigenvalue weighted by atomic mass is 16.6. The Morgan fingerprint density at radius 2 is 1.89 bits per heavy atom. The normalized spacial score (nSPS) is 17.1. The average molecular weight is 260 g/mol. The molecule has 0 N–H and O–H groups in total. The molecule has 0 amide bonds. The van der Waals surface area contributed by atoms with Gasteiger partial charge in [-0.25, -0.2) is 0 Å². The van der Waals surface area contributed by atoms with Crippen LogP contribution < -0.4 is 0 Å². The molecule has 1 heterocycles. The Labute approximate surface area is 113 Å². The number of nitro groups is 1. The van der Waals surface area contributed by atoms with E-state index in [2.05, 4.69) is 31.9 Å². The molecule has 2 rings (SSSR count). The van der Waals surface area contributed by atoms with E-state index in [-0.39, 0.29) is 16.0 Å². The number of hydrogen-bond acceptors (Lipinski definition) is 3. The van der Waals surface area contributed by atoms with Crippen molar-refractivity contribution in [2.75, 3.05) is 20.1 Å². The van der Waals surface area contributed by atoms with Crippen LogP contribution >= 0.6 is 0 Å². The minimum Gasteiger partial charge on any atom is -0.302 e. The first-order valence-corrected chi connectivity index (χ1v) is 6.54. The van der Waals surface area contributed by atoms with Crippen molar-refractivity contribution in [3.63, 3.8) is 0 Å². The molecule has 0 fully saturated rings. The van der Waals surface area contributed by atoms with Crippen LogP contribution in [0.15, 0.2) is 35.9 Å².